The molecule has 5 rings (SSSR count). The molecule has 0 radical (unpaired) electrons. The number of fused-ring (bicyclic) bond motifs is 1. The summed E-state index contributed by atoms with van der Waals surface area (Å²) in [4.78, 5) is 30.4. The van der Waals surface area contributed by atoms with E-state index < -0.39 is 6.10 Å². The van der Waals surface area contributed by atoms with Gasteiger partial charge in [-0.2, -0.15) is 0 Å². The highest BCUT2D eigenvalue weighted by Crippen LogP contribution is 2.32. The summed E-state index contributed by atoms with van der Waals surface area (Å²) in [6.45, 7) is 2.17. The van der Waals surface area contributed by atoms with E-state index in [2.05, 4.69) is 0 Å². The van der Waals surface area contributed by atoms with E-state index in [9.17, 15) is 9.59 Å². The lowest BCUT2D eigenvalue weighted by Gasteiger charge is -2.37. The number of benzene rings is 2. The number of piperazine rings is 1. The molecule has 3 heterocycles. The molecule has 0 spiro atoms. The summed E-state index contributed by atoms with van der Waals surface area (Å²) >= 11 is 1.46. The molecule has 0 N–H and O–H groups in total. The van der Waals surface area contributed by atoms with E-state index >= 15 is 0 Å². The molecule has 1 atom stereocenters. The molecule has 1 saturated heterocycles. The predicted octanol–water partition coefficient (Wildman–Crippen LogP) is 3.54. The predicted molar refractivity (Wildman–Crippen MR) is 119 cm³/mol. The third-order valence-electron chi connectivity index (χ3n) is 5.61. The van der Waals surface area contributed by atoms with Crippen molar-refractivity contribution in [3.63, 3.8) is 0 Å². The number of amides is 2. The number of carbonyl (C=O) groups excluding carboxylic acids is 2. The molecule has 2 aliphatic heterocycles. The molecule has 2 aliphatic rings. The van der Waals surface area contributed by atoms with Crippen LogP contribution in [0.1, 0.15) is 9.67 Å². The Kier molecular flexibility index (Phi) is 5.34. The second-order valence-electron chi connectivity index (χ2n) is 7.51. The monoisotopic (exact) mass is 434 g/mol. The maximum atomic E-state index is 13.2. The van der Waals surface area contributed by atoms with E-state index in [-0.39, 0.29) is 18.4 Å². The van der Waals surface area contributed by atoms with E-state index in [1.807, 2.05) is 64.9 Å². The van der Waals surface area contributed by atoms with Gasteiger partial charge in [-0.15, -0.1) is 11.3 Å². The number of ether oxygens (including phenoxy) is 2. The molecule has 0 unspecified atom stereocenters. The summed E-state index contributed by atoms with van der Waals surface area (Å²) < 4.78 is 11.5. The summed E-state index contributed by atoms with van der Waals surface area (Å²) in [5.74, 6) is 1.18. The van der Waals surface area contributed by atoms with E-state index in [1.54, 1.807) is 11.0 Å². The average molecular weight is 435 g/mol. The van der Waals surface area contributed by atoms with Gasteiger partial charge in [0.1, 0.15) is 6.61 Å². The van der Waals surface area contributed by atoms with Crippen molar-refractivity contribution in [1.82, 2.24) is 9.80 Å². The van der Waals surface area contributed by atoms with Crippen molar-refractivity contribution >= 4 is 23.2 Å². The van der Waals surface area contributed by atoms with Crippen LogP contribution in [0.25, 0.3) is 11.1 Å². The summed E-state index contributed by atoms with van der Waals surface area (Å²) in [5, 5.41) is 1.95. The number of hydrogen-bond donors (Lipinski definition) is 0. The van der Waals surface area contributed by atoms with Crippen molar-refractivity contribution in [2.75, 3.05) is 32.8 Å². The minimum Gasteiger partial charge on any atom is -0.485 e. The average Bonchev–Trinajstić information content (AvgIpc) is 3.33. The fraction of sp³-hybridized carbons (Fsp3) is 0.250. The van der Waals surface area contributed by atoms with Gasteiger partial charge in [0.05, 0.1) is 4.88 Å². The van der Waals surface area contributed by atoms with E-state index in [4.69, 9.17) is 9.47 Å². The number of hydrogen-bond acceptors (Lipinski definition) is 5. The normalized spacial score (nSPS) is 18.0. The van der Waals surface area contributed by atoms with Gasteiger partial charge < -0.3 is 19.3 Å². The molecule has 0 aliphatic carbocycles. The molecule has 158 valence electrons. The van der Waals surface area contributed by atoms with Gasteiger partial charge in [-0.05, 0) is 29.1 Å². The molecule has 0 bridgehead atoms. The van der Waals surface area contributed by atoms with Crippen molar-refractivity contribution in [2.45, 2.75) is 6.10 Å². The fourth-order valence-corrected chi connectivity index (χ4v) is 4.82. The first-order chi connectivity index (χ1) is 15.2. The lowest BCUT2D eigenvalue weighted by molar-refractivity contribution is -0.142. The minimum absolute atomic E-state index is 0.0205. The Bertz CT molecular complexity index is 1090. The lowest BCUT2D eigenvalue weighted by atomic mass is 10.1. The summed E-state index contributed by atoms with van der Waals surface area (Å²) in [6, 6.07) is 19.3. The Balaban J connectivity index is 1.22. The van der Waals surface area contributed by atoms with Gasteiger partial charge in [0.15, 0.2) is 11.5 Å². The second-order valence-corrected chi connectivity index (χ2v) is 8.43. The highest BCUT2D eigenvalue weighted by Gasteiger charge is 2.34. The molecule has 1 fully saturated rings. The zero-order valence-electron chi connectivity index (χ0n) is 16.9. The quantitative estimate of drug-likeness (QED) is 0.633. The first-order valence-electron chi connectivity index (χ1n) is 10.3. The van der Waals surface area contributed by atoms with Crippen LogP contribution in [0.2, 0.25) is 0 Å². The van der Waals surface area contributed by atoms with E-state index in [0.29, 0.717) is 37.7 Å². The molecule has 7 heteroatoms. The Hall–Kier alpha value is -3.32. The van der Waals surface area contributed by atoms with Crippen molar-refractivity contribution in [3.05, 3.63) is 70.9 Å². The molecular formula is C24H22N2O4S. The largest absolute Gasteiger partial charge is 0.485 e. The van der Waals surface area contributed by atoms with Crippen molar-refractivity contribution in [1.29, 1.82) is 0 Å². The zero-order chi connectivity index (χ0) is 21.2. The first kappa shape index (κ1) is 19.6. The van der Waals surface area contributed by atoms with Crippen LogP contribution in [0.4, 0.5) is 0 Å². The van der Waals surface area contributed by atoms with Crippen molar-refractivity contribution in [3.8, 4) is 22.6 Å². The van der Waals surface area contributed by atoms with E-state index in [0.717, 1.165) is 16.0 Å². The smallest absolute Gasteiger partial charge is 0.267 e. The molecule has 2 amide bonds. The van der Waals surface area contributed by atoms with E-state index in [1.165, 1.54) is 11.3 Å². The van der Waals surface area contributed by atoms with Gasteiger partial charge in [-0.3, -0.25) is 9.59 Å². The highest BCUT2D eigenvalue weighted by atomic mass is 32.1. The fourth-order valence-electron chi connectivity index (χ4n) is 3.94. The van der Waals surface area contributed by atoms with Crippen molar-refractivity contribution in [2.24, 2.45) is 0 Å². The Morgan fingerprint density at radius 2 is 1.52 bits per heavy atom. The number of carbonyl (C=O) groups is 2. The van der Waals surface area contributed by atoms with Crippen LogP contribution in [-0.2, 0) is 4.79 Å². The standard InChI is InChI=1S/C24H22N2O4S/c27-23(21-16-29-19-8-4-5-9-20(19)30-21)25-11-13-26(14-12-25)24(28)22-18(10-15-31-22)17-6-2-1-3-7-17/h1-10,15,21H,11-14,16H2/t21-/m0/s1. The third kappa shape index (κ3) is 3.88. The zero-order valence-corrected chi connectivity index (χ0v) is 17.7. The first-order valence-corrected chi connectivity index (χ1v) is 11.2. The Labute approximate surface area is 184 Å². The molecule has 3 aromatic rings. The van der Waals surface area contributed by atoms with Crippen LogP contribution in [0, 0.1) is 0 Å². The van der Waals surface area contributed by atoms with Crippen LogP contribution < -0.4 is 9.47 Å². The van der Waals surface area contributed by atoms with Gasteiger partial charge in [0.2, 0.25) is 6.10 Å². The Morgan fingerprint density at radius 3 is 2.29 bits per heavy atom. The highest BCUT2D eigenvalue weighted by molar-refractivity contribution is 7.12. The number of thiophene rings is 1. The van der Waals surface area contributed by atoms with Gasteiger partial charge in [-0.25, -0.2) is 0 Å². The van der Waals surface area contributed by atoms with Crippen LogP contribution >= 0.6 is 11.3 Å². The van der Waals surface area contributed by atoms with Gasteiger partial charge >= 0.3 is 0 Å². The number of nitrogens with zero attached hydrogens (tertiary/aromatic N) is 2. The molecule has 0 saturated carbocycles. The van der Waals surface area contributed by atoms with Crippen LogP contribution in [0.3, 0.4) is 0 Å². The molecule has 1 aromatic heterocycles. The van der Waals surface area contributed by atoms with Crippen LogP contribution in [0.5, 0.6) is 11.5 Å². The third-order valence-corrected chi connectivity index (χ3v) is 6.51. The number of rotatable bonds is 3. The SMILES string of the molecule is O=C(c1sccc1-c1ccccc1)N1CCN(C(=O)[C@@H]2COc3ccccc3O2)CC1. The number of para-hydroxylation sites is 2. The maximum Gasteiger partial charge on any atom is 0.267 e. The Morgan fingerprint density at radius 1 is 0.839 bits per heavy atom. The second kappa shape index (κ2) is 8.43. The van der Waals surface area contributed by atoms with Gasteiger partial charge in [0, 0.05) is 31.7 Å². The van der Waals surface area contributed by atoms with Gasteiger partial charge in [0.25, 0.3) is 11.8 Å². The lowest BCUT2D eigenvalue weighted by Crippen LogP contribution is -2.55. The topological polar surface area (TPSA) is 59.1 Å². The maximum absolute atomic E-state index is 13.2. The summed E-state index contributed by atoms with van der Waals surface area (Å²) in [7, 11) is 0. The summed E-state index contributed by atoms with van der Waals surface area (Å²) in [5.41, 5.74) is 2.00. The molecule has 6 nitrogen and oxygen atoms in total. The van der Waals surface area contributed by atoms with Crippen LogP contribution in [0.15, 0.2) is 66.0 Å². The van der Waals surface area contributed by atoms with Crippen molar-refractivity contribution < 1.29 is 19.1 Å². The minimum atomic E-state index is -0.654. The van der Waals surface area contributed by atoms with Crippen LogP contribution in [-0.4, -0.2) is 60.5 Å². The molecule has 31 heavy (non-hydrogen) atoms. The summed E-state index contributed by atoms with van der Waals surface area (Å²) in [6.07, 6.45) is -0.654. The van der Waals surface area contributed by atoms with Gasteiger partial charge in [-0.1, -0.05) is 42.5 Å². The molecule has 2 aromatic carbocycles. The molecular weight excluding hydrogens is 412 g/mol.